The van der Waals surface area contributed by atoms with E-state index in [1.54, 1.807) is 51.4 Å². The van der Waals surface area contributed by atoms with Gasteiger partial charge in [-0.1, -0.05) is 17.7 Å². The molecular formula is C21H19ClN2O5. The molecule has 0 aliphatic heterocycles. The summed E-state index contributed by atoms with van der Waals surface area (Å²) >= 11 is 6.23. The molecule has 1 aromatic heterocycles. The van der Waals surface area contributed by atoms with Crippen LogP contribution in [0.15, 0.2) is 51.7 Å². The Morgan fingerprint density at radius 3 is 2.66 bits per heavy atom. The number of anilines is 1. The lowest BCUT2D eigenvalue weighted by molar-refractivity contribution is -0.118. The summed E-state index contributed by atoms with van der Waals surface area (Å²) in [7, 11) is 3.30. The van der Waals surface area contributed by atoms with Gasteiger partial charge in [0.1, 0.15) is 11.3 Å². The zero-order valence-corrected chi connectivity index (χ0v) is 16.9. The number of benzene rings is 2. The Bertz CT molecular complexity index is 1150. The summed E-state index contributed by atoms with van der Waals surface area (Å²) in [5.41, 5.74) is 1.50. The van der Waals surface area contributed by atoms with Gasteiger partial charge in [-0.2, -0.15) is 0 Å². The van der Waals surface area contributed by atoms with Crippen molar-refractivity contribution in [3.05, 3.63) is 69.0 Å². The first-order valence-electron chi connectivity index (χ1n) is 8.73. The Hall–Kier alpha value is -3.32. The van der Waals surface area contributed by atoms with Crippen molar-refractivity contribution in [2.75, 3.05) is 26.0 Å². The van der Waals surface area contributed by atoms with Gasteiger partial charge in [-0.3, -0.25) is 9.59 Å². The van der Waals surface area contributed by atoms with Crippen molar-refractivity contribution >= 4 is 40.1 Å². The van der Waals surface area contributed by atoms with Crippen LogP contribution in [0.2, 0.25) is 5.02 Å². The number of carbonyl (C=O) groups is 2. The van der Waals surface area contributed by atoms with E-state index in [9.17, 15) is 14.4 Å². The Morgan fingerprint density at radius 2 is 1.93 bits per heavy atom. The number of hydrogen-bond acceptors (Lipinski definition) is 5. The smallest absolute Gasteiger partial charge is 0.336 e. The predicted octanol–water partition coefficient (Wildman–Crippen LogP) is 3.47. The lowest BCUT2D eigenvalue weighted by Gasteiger charge is -2.12. The van der Waals surface area contributed by atoms with Gasteiger partial charge in [-0.25, -0.2) is 4.79 Å². The zero-order valence-electron chi connectivity index (χ0n) is 16.1. The van der Waals surface area contributed by atoms with Gasteiger partial charge in [0.05, 0.1) is 5.02 Å². The highest BCUT2D eigenvalue weighted by Crippen LogP contribution is 2.31. The van der Waals surface area contributed by atoms with E-state index >= 15 is 0 Å². The number of amides is 2. The molecule has 0 unspecified atom stereocenters. The number of fused-ring (bicyclic) bond motifs is 1. The fourth-order valence-corrected chi connectivity index (χ4v) is 2.98. The van der Waals surface area contributed by atoms with Crippen molar-refractivity contribution in [3.8, 4) is 5.75 Å². The van der Waals surface area contributed by atoms with Crippen molar-refractivity contribution < 1.29 is 18.7 Å². The lowest BCUT2D eigenvalue weighted by Crippen LogP contribution is -2.23. The van der Waals surface area contributed by atoms with Crippen molar-refractivity contribution in [1.29, 1.82) is 0 Å². The summed E-state index contributed by atoms with van der Waals surface area (Å²) in [6.07, 6.45) is 0. The van der Waals surface area contributed by atoms with E-state index in [2.05, 4.69) is 5.32 Å². The van der Waals surface area contributed by atoms with Crippen LogP contribution in [0.25, 0.3) is 11.0 Å². The van der Waals surface area contributed by atoms with Crippen LogP contribution < -0.4 is 15.7 Å². The van der Waals surface area contributed by atoms with Crippen LogP contribution >= 0.6 is 11.6 Å². The van der Waals surface area contributed by atoms with Gasteiger partial charge in [0.15, 0.2) is 6.61 Å². The Balaban J connectivity index is 1.71. The molecule has 3 rings (SSSR count). The number of nitrogens with zero attached hydrogens (tertiary/aromatic N) is 1. The van der Waals surface area contributed by atoms with Gasteiger partial charge in [0.25, 0.3) is 11.8 Å². The van der Waals surface area contributed by atoms with Crippen LogP contribution in [-0.2, 0) is 4.79 Å². The van der Waals surface area contributed by atoms with Gasteiger partial charge in [-0.15, -0.1) is 0 Å². The van der Waals surface area contributed by atoms with E-state index in [1.165, 1.54) is 17.0 Å². The molecule has 0 fully saturated rings. The summed E-state index contributed by atoms with van der Waals surface area (Å²) in [4.78, 5) is 37.3. The van der Waals surface area contributed by atoms with Crippen LogP contribution in [0, 0.1) is 6.92 Å². The number of halogens is 1. The minimum atomic E-state index is -0.479. The van der Waals surface area contributed by atoms with Crippen LogP contribution in [0.5, 0.6) is 5.75 Å². The third-order valence-corrected chi connectivity index (χ3v) is 4.46. The number of rotatable bonds is 5. The number of hydrogen-bond donors (Lipinski definition) is 1. The molecule has 1 N–H and O–H groups in total. The minimum Gasteiger partial charge on any atom is -0.482 e. The lowest BCUT2D eigenvalue weighted by atomic mass is 10.1. The van der Waals surface area contributed by atoms with Crippen LogP contribution in [0.3, 0.4) is 0 Å². The number of aryl methyl sites for hydroxylation is 1. The average Bonchev–Trinajstić information content (AvgIpc) is 2.66. The second-order valence-corrected chi connectivity index (χ2v) is 7.05. The monoisotopic (exact) mass is 414 g/mol. The largest absolute Gasteiger partial charge is 0.482 e. The molecule has 0 saturated heterocycles. The van der Waals surface area contributed by atoms with Crippen LogP contribution in [0.1, 0.15) is 15.9 Å². The summed E-state index contributed by atoms with van der Waals surface area (Å²) in [6.45, 7) is 1.46. The molecule has 8 heteroatoms. The van der Waals surface area contributed by atoms with Gasteiger partial charge in [0, 0.05) is 42.9 Å². The molecule has 2 amide bonds. The molecule has 2 aromatic carbocycles. The van der Waals surface area contributed by atoms with Crippen molar-refractivity contribution in [2.24, 2.45) is 0 Å². The van der Waals surface area contributed by atoms with Gasteiger partial charge < -0.3 is 19.4 Å². The summed E-state index contributed by atoms with van der Waals surface area (Å²) in [5.74, 6) is -0.377. The first-order valence-corrected chi connectivity index (χ1v) is 9.11. The molecule has 0 atom stereocenters. The van der Waals surface area contributed by atoms with E-state index in [1.807, 2.05) is 0 Å². The molecule has 150 valence electrons. The zero-order chi connectivity index (χ0) is 21.1. The first kappa shape index (κ1) is 20.4. The molecule has 0 aliphatic rings. The molecule has 3 aromatic rings. The van der Waals surface area contributed by atoms with Crippen molar-refractivity contribution in [2.45, 2.75) is 6.92 Å². The molecule has 29 heavy (non-hydrogen) atoms. The third kappa shape index (κ3) is 4.75. The van der Waals surface area contributed by atoms with Crippen LogP contribution in [0.4, 0.5) is 5.69 Å². The highest BCUT2D eigenvalue weighted by molar-refractivity contribution is 6.32. The topological polar surface area (TPSA) is 88.8 Å². The highest BCUT2D eigenvalue weighted by Gasteiger charge is 2.12. The van der Waals surface area contributed by atoms with E-state index in [0.717, 1.165) is 5.56 Å². The third-order valence-electron chi connectivity index (χ3n) is 4.16. The molecule has 7 nitrogen and oxygen atoms in total. The normalized spacial score (nSPS) is 10.6. The summed E-state index contributed by atoms with van der Waals surface area (Å²) < 4.78 is 10.7. The summed E-state index contributed by atoms with van der Waals surface area (Å²) in [5, 5.41) is 3.65. The standard InChI is InChI=1S/C21H19ClN2O5/c1-12-7-20(26)29-17-10-18(16(22)9-15(12)17)28-11-19(25)23-14-6-4-5-13(8-14)21(27)24(2)3/h4-10H,11H2,1-3H3,(H,23,25). The molecule has 0 saturated carbocycles. The maximum absolute atomic E-state index is 12.2. The maximum Gasteiger partial charge on any atom is 0.336 e. The summed E-state index contributed by atoms with van der Waals surface area (Å²) in [6, 6.07) is 11.1. The van der Waals surface area contributed by atoms with E-state index < -0.39 is 11.5 Å². The molecular weight excluding hydrogens is 396 g/mol. The van der Waals surface area contributed by atoms with E-state index in [0.29, 0.717) is 27.2 Å². The second-order valence-electron chi connectivity index (χ2n) is 6.64. The van der Waals surface area contributed by atoms with Gasteiger partial charge in [0.2, 0.25) is 0 Å². The van der Waals surface area contributed by atoms with Crippen LogP contribution in [-0.4, -0.2) is 37.4 Å². The molecule has 1 heterocycles. The average molecular weight is 415 g/mol. The quantitative estimate of drug-likeness (QED) is 0.646. The van der Waals surface area contributed by atoms with Gasteiger partial charge >= 0.3 is 5.63 Å². The first-order chi connectivity index (χ1) is 13.7. The second kappa shape index (κ2) is 8.36. The number of nitrogens with one attached hydrogen (secondary N) is 1. The molecule has 0 radical (unpaired) electrons. The fraction of sp³-hybridized carbons (Fsp3) is 0.190. The Morgan fingerprint density at radius 1 is 1.17 bits per heavy atom. The van der Waals surface area contributed by atoms with Crippen molar-refractivity contribution in [3.63, 3.8) is 0 Å². The number of ether oxygens (including phenoxy) is 1. The van der Waals surface area contributed by atoms with E-state index in [4.69, 9.17) is 20.8 Å². The molecule has 0 bridgehead atoms. The van der Waals surface area contributed by atoms with E-state index in [-0.39, 0.29) is 18.3 Å². The Labute approximate surface area is 171 Å². The SMILES string of the molecule is Cc1cc(=O)oc2cc(OCC(=O)Nc3cccc(C(=O)N(C)C)c3)c(Cl)cc12. The highest BCUT2D eigenvalue weighted by atomic mass is 35.5. The maximum atomic E-state index is 12.2. The van der Waals surface area contributed by atoms with Gasteiger partial charge in [-0.05, 0) is 36.8 Å². The number of carbonyl (C=O) groups excluding carboxylic acids is 2. The predicted molar refractivity (Wildman–Crippen MR) is 111 cm³/mol. The fourth-order valence-electron chi connectivity index (χ4n) is 2.76. The van der Waals surface area contributed by atoms with Crippen molar-refractivity contribution in [1.82, 2.24) is 4.90 Å². The molecule has 0 aliphatic carbocycles. The minimum absolute atomic E-state index is 0.169. The Kier molecular flexibility index (Phi) is 5.89. The molecule has 0 spiro atoms.